The maximum absolute atomic E-state index is 5.50. The van der Waals surface area contributed by atoms with E-state index in [-0.39, 0.29) is 0 Å². The highest BCUT2D eigenvalue weighted by Gasteiger charge is 2.10. The van der Waals surface area contributed by atoms with Crippen LogP contribution in [0, 0.1) is 0 Å². The molecule has 1 atom stereocenters. The highest BCUT2D eigenvalue weighted by molar-refractivity contribution is 5.85. The van der Waals surface area contributed by atoms with E-state index in [0.717, 1.165) is 32.6 Å². The molecule has 0 spiro atoms. The molecule has 2 aromatic carbocycles. The predicted octanol–water partition coefficient (Wildman–Crippen LogP) is 3.79. The lowest BCUT2D eigenvalue weighted by Crippen LogP contribution is -2.32. The number of benzene rings is 2. The van der Waals surface area contributed by atoms with Gasteiger partial charge in [0.1, 0.15) is 0 Å². The van der Waals surface area contributed by atoms with Gasteiger partial charge in [0, 0.05) is 19.3 Å². The summed E-state index contributed by atoms with van der Waals surface area (Å²) in [6.07, 6.45) is 2.12. The first kappa shape index (κ1) is 15.0. The van der Waals surface area contributed by atoms with Crippen molar-refractivity contribution in [2.75, 3.05) is 19.8 Å². The molecule has 0 saturated heterocycles. The van der Waals surface area contributed by atoms with Crippen LogP contribution in [0.4, 0.5) is 0 Å². The first-order chi connectivity index (χ1) is 9.85. The maximum atomic E-state index is 5.50. The van der Waals surface area contributed by atoms with Crippen molar-refractivity contribution in [2.24, 2.45) is 0 Å². The molecule has 0 fully saturated rings. The molecule has 1 N–H and O–H groups in total. The molecular formula is C18H25NO. The standard InChI is InChI=1S/C18H25NO/c1-3-19-17(12-13-20-4-2)14-16-10-7-9-15-8-5-6-11-18(15)16/h5-11,17,19H,3-4,12-14H2,1-2H3. The van der Waals surface area contributed by atoms with Gasteiger partial charge in [-0.3, -0.25) is 0 Å². The molecule has 0 saturated carbocycles. The molecular weight excluding hydrogens is 246 g/mol. The molecule has 2 nitrogen and oxygen atoms in total. The summed E-state index contributed by atoms with van der Waals surface area (Å²) in [5, 5.41) is 6.27. The Hall–Kier alpha value is -1.38. The van der Waals surface area contributed by atoms with Crippen LogP contribution in [0.3, 0.4) is 0 Å². The molecule has 2 aromatic rings. The fraction of sp³-hybridized carbons (Fsp3) is 0.444. The zero-order chi connectivity index (χ0) is 14.2. The van der Waals surface area contributed by atoms with Crippen LogP contribution < -0.4 is 5.32 Å². The Morgan fingerprint density at radius 2 is 1.85 bits per heavy atom. The second kappa shape index (κ2) is 8.03. The third kappa shape index (κ3) is 4.06. The zero-order valence-electron chi connectivity index (χ0n) is 12.6. The Kier molecular flexibility index (Phi) is 6.03. The van der Waals surface area contributed by atoms with Crippen molar-refractivity contribution in [3.63, 3.8) is 0 Å². The van der Waals surface area contributed by atoms with Crippen LogP contribution in [0.15, 0.2) is 42.5 Å². The highest BCUT2D eigenvalue weighted by Crippen LogP contribution is 2.20. The minimum Gasteiger partial charge on any atom is -0.382 e. The highest BCUT2D eigenvalue weighted by atomic mass is 16.5. The van der Waals surface area contributed by atoms with Gasteiger partial charge in [-0.2, -0.15) is 0 Å². The Bertz CT molecular complexity index is 518. The minimum atomic E-state index is 0.484. The van der Waals surface area contributed by atoms with Crippen LogP contribution in [-0.4, -0.2) is 25.8 Å². The van der Waals surface area contributed by atoms with Crippen LogP contribution >= 0.6 is 0 Å². The second-order valence-corrected chi connectivity index (χ2v) is 5.08. The van der Waals surface area contributed by atoms with E-state index in [0.29, 0.717) is 6.04 Å². The topological polar surface area (TPSA) is 21.3 Å². The lowest BCUT2D eigenvalue weighted by Gasteiger charge is -2.19. The molecule has 0 radical (unpaired) electrons. The number of rotatable bonds is 8. The van der Waals surface area contributed by atoms with E-state index >= 15 is 0 Å². The molecule has 0 amide bonds. The molecule has 2 heteroatoms. The summed E-state index contributed by atoms with van der Waals surface area (Å²) in [6.45, 7) is 6.84. The lowest BCUT2D eigenvalue weighted by atomic mass is 9.97. The van der Waals surface area contributed by atoms with Crippen molar-refractivity contribution in [1.29, 1.82) is 0 Å². The first-order valence-electron chi connectivity index (χ1n) is 7.63. The quantitative estimate of drug-likeness (QED) is 0.738. The van der Waals surface area contributed by atoms with E-state index in [4.69, 9.17) is 4.74 Å². The van der Waals surface area contributed by atoms with Crippen molar-refractivity contribution in [2.45, 2.75) is 32.7 Å². The van der Waals surface area contributed by atoms with Crippen molar-refractivity contribution in [3.05, 3.63) is 48.0 Å². The average molecular weight is 271 g/mol. The van der Waals surface area contributed by atoms with Crippen LogP contribution in [0.5, 0.6) is 0 Å². The molecule has 20 heavy (non-hydrogen) atoms. The number of nitrogens with one attached hydrogen (secondary N) is 1. The Morgan fingerprint density at radius 3 is 2.65 bits per heavy atom. The number of ether oxygens (including phenoxy) is 1. The summed E-state index contributed by atoms with van der Waals surface area (Å²) in [6, 6.07) is 15.7. The molecule has 0 heterocycles. The minimum absolute atomic E-state index is 0.484. The monoisotopic (exact) mass is 271 g/mol. The maximum Gasteiger partial charge on any atom is 0.0480 e. The molecule has 108 valence electrons. The summed E-state index contributed by atoms with van der Waals surface area (Å²) in [4.78, 5) is 0. The van der Waals surface area contributed by atoms with Gasteiger partial charge in [-0.25, -0.2) is 0 Å². The Balaban J connectivity index is 2.11. The van der Waals surface area contributed by atoms with Gasteiger partial charge in [-0.05, 0) is 42.6 Å². The summed E-state index contributed by atoms with van der Waals surface area (Å²) in [5.41, 5.74) is 1.42. The SMILES string of the molecule is CCNC(CCOCC)Cc1cccc2ccccc12. The zero-order valence-corrected chi connectivity index (χ0v) is 12.6. The summed E-state index contributed by atoms with van der Waals surface area (Å²) < 4.78 is 5.50. The molecule has 0 aliphatic carbocycles. The number of likely N-dealkylation sites (N-methyl/N-ethyl adjacent to an activating group) is 1. The largest absolute Gasteiger partial charge is 0.382 e. The fourth-order valence-electron chi connectivity index (χ4n) is 2.67. The summed E-state index contributed by atoms with van der Waals surface area (Å²) >= 11 is 0. The van der Waals surface area contributed by atoms with Gasteiger partial charge in [0.2, 0.25) is 0 Å². The van der Waals surface area contributed by atoms with Gasteiger partial charge in [-0.15, -0.1) is 0 Å². The summed E-state index contributed by atoms with van der Waals surface area (Å²) in [5.74, 6) is 0. The average Bonchev–Trinajstić information content (AvgIpc) is 2.48. The first-order valence-corrected chi connectivity index (χ1v) is 7.63. The third-order valence-electron chi connectivity index (χ3n) is 3.65. The molecule has 1 unspecified atom stereocenters. The van der Waals surface area contributed by atoms with Crippen molar-refractivity contribution < 1.29 is 4.74 Å². The van der Waals surface area contributed by atoms with Crippen LogP contribution in [0.1, 0.15) is 25.8 Å². The smallest absolute Gasteiger partial charge is 0.0480 e. The number of hydrogen-bond donors (Lipinski definition) is 1. The number of fused-ring (bicyclic) bond motifs is 1. The fourth-order valence-corrected chi connectivity index (χ4v) is 2.67. The van der Waals surface area contributed by atoms with Gasteiger partial charge < -0.3 is 10.1 Å². The lowest BCUT2D eigenvalue weighted by molar-refractivity contribution is 0.136. The van der Waals surface area contributed by atoms with E-state index in [2.05, 4.69) is 54.7 Å². The van der Waals surface area contributed by atoms with Gasteiger partial charge in [0.15, 0.2) is 0 Å². The molecule has 0 aromatic heterocycles. The van der Waals surface area contributed by atoms with Gasteiger partial charge in [-0.1, -0.05) is 49.4 Å². The van der Waals surface area contributed by atoms with Crippen molar-refractivity contribution in [3.8, 4) is 0 Å². The van der Waals surface area contributed by atoms with E-state index in [1.54, 1.807) is 0 Å². The van der Waals surface area contributed by atoms with E-state index in [1.807, 2.05) is 6.92 Å². The van der Waals surface area contributed by atoms with Crippen LogP contribution in [-0.2, 0) is 11.2 Å². The van der Waals surface area contributed by atoms with E-state index in [1.165, 1.54) is 16.3 Å². The van der Waals surface area contributed by atoms with Crippen molar-refractivity contribution in [1.82, 2.24) is 5.32 Å². The van der Waals surface area contributed by atoms with Gasteiger partial charge in [0.25, 0.3) is 0 Å². The Labute approximate surface area is 122 Å². The van der Waals surface area contributed by atoms with E-state index < -0.39 is 0 Å². The van der Waals surface area contributed by atoms with Crippen LogP contribution in [0.2, 0.25) is 0 Å². The molecule has 0 aliphatic rings. The Morgan fingerprint density at radius 1 is 1.05 bits per heavy atom. The number of hydrogen-bond acceptors (Lipinski definition) is 2. The van der Waals surface area contributed by atoms with Crippen LogP contribution in [0.25, 0.3) is 10.8 Å². The van der Waals surface area contributed by atoms with Crippen molar-refractivity contribution >= 4 is 10.8 Å². The predicted molar refractivity (Wildman–Crippen MR) is 86.2 cm³/mol. The van der Waals surface area contributed by atoms with Gasteiger partial charge in [0.05, 0.1) is 0 Å². The third-order valence-corrected chi connectivity index (χ3v) is 3.65. The summed E-state index contributed by atoms with van der Waals surface area (Å²) in [7, 11) is 0. The van der Waals surface area contributed by atoms with Gasteiger partial charge >= 0.3 is 0 Å². The molecule has 0 aliphatic heterocycles. The normalized spacial score (nSPS) is 12.7. The molecule has 0 bridgehead atoms. The molecule has 2 rings (SSSR count). The second-order valence-electron chi connectivity index (χ2n) is 5.08. The van der Waals surface area contributed by atoms with E-state index in [9.17, 15) is 0 Å².